The third-order valence-corrected chi connectivity index (χ3v) is 3.51. The molecular formula is C17H28N2O. The molecule has 1 aromatic carbocycles. The first-order valence-corrected chi connectivity index (χ1v) is 7.37. The number of nitrogens with zero attached hydrogens (tertiary/aromatic N) is 2. The van der Waals surface area contributed by atoms with Crippen molar-refractivity contribution >= 4 is 5.91 Å². The van der Waals surface area contributed by atoms with Gasteiger partial charge in [-0.3, -0.25) is 9.69 Å². The molecule has 0 atom stereocenters. The molecule has 1 rings (SSSR count). The zero-order chi connectivity index (χ0) is 15.3. The molecule has 0 unspecified atom stereocenters. The van der Waals surface area contributed by atoms with Gasteiger partial charge in [-0.25, -0.2) is 0 Å². The number of hydrogen-bond donors (Lipinski definition) is 0. The Labute approximate surface area is 123 Å². The highest BCUT2D eigenvalue weighted by Gasteiger charge is 2.21. The molecule has 112 valence electrons. The molecule has 0 aliphatic rings. The monoisotopic (exact) mass is 276 g/mol. The van der Waals surface area contributed by atoms with Gasteiger partial charge in [-0.2, -0.15) is 0 Å². The fourth-order valence-electron chi connectivity index (χ4n) is 2.62. The summed E-state index contributed by atoms with van der Waals surface area (Å²) in [6, 6.07) is 8.82. The molecule has 1 amide bonds. The summed E-state index contributed by atoms with van der Waals surface area (Å²) in [7, 11) is 2.00. The van der Waals surface area contributed by atoms with Crippen molar-refractivity contribution in [3.8, 4) is 0 Å². The summed E-state index contributed by atoms with van der Waals surface area (Å²) in [4.78, 5) is 16.4. The Balaban J connectivity index is 2.64. The topological polar surface area (TPSA) is 23.6 Å². The standard InChI is InChI=1S/C17H28N2O/c1-13(2)19(14(3)4)17(20)12-18(6)11-16-10-8-7-9-15(16)5/h7-10,13-14H,11-12H2,1-6H3. The van der Waals surface area contributed by atoms with E-state index in [9.17, 15) is 4.79 Å². The van der Waals surface area contributed by atoms with Gasteiger partial charge in [0.15, 0.2) is 0 Å². The molecule has 0 spiro atoms. The molecule has 0 fully saturated rings. The van der Waals surface area contributed by atoms with Crippen LogP contribution in [0.25, 0.3) is 0 Å². The van der Waals surface area contributed by atoms with Crippen molar-refractivity contribution in [3.05, 3.63) is 35.4 Å². The van der Waals surface area contributed by atoms with Gasteiger partial charge in [0.1, 0.15) is 0 Å². The number of carbonyl (C=O) groups excluding carboxylic acids is 1. The summed E-state index contributed by atoms with van der Waals surface area (Å²) in [6.45, 7) is 11.7. The Morgan fingerprint density at radius 3 is 2.15 bits per heavy atom. The van der Waals surface area contributed by atoms with Crippen LogP contribution >= 0.6 is 0 Å². The molecule has 0 aliphatic carbocycles. The Kier molecular flexibility index (Phi) is 6.21. The van der Waals surface area contributed by atoms with E-state index in [0.717, 1.165) is 6.54 Å². The minimum Gasteiger partial charge on any atom is -0.337 e. The predicted octanol–water partition coefficient (Wildman–Crippen LogP) is 3.07. The SMILES string of the molecule is Cc1ccccc1CN(C)CC(=O)N(C(C)C)C(C)C. The normalized spacial score (nSPS) is 11.4. The third kappa shape index (κ3) is 4.64. The molecule has 3 nitrogen and oxygen atoms in total. The minimum atomic E-state index is 0.200. The van der Waals surface area contributed by atoms with Crippen molar-refractivity contribution in [2.75, 3.05) is 13.6 Å². The fraction of sp³-hybridized carbons (Fsp3) is 0.588. The zero-order valence-electron chi connectivity index (χ0n) is 13.7. The third-order valence-electron chi connectivity index (χ3n) is 3.51. The molecule has 0 heterocycles. The van der Waals surface area contributed by atoms with Gasteiger partial charge in [0.25, 0.3) is 0 Å². The number of carbonyl (C=O) groups is 1. The molecular weight excluding hydrogens is 248 g/mol. The zero-order valence-corrected chi connectivity index (χ0v) is 13.7. The molecule has 0 saturated carbocycles. The number of benzene rings is 1. The highest BCUT2D eigenvalue weighted by atomic mass is 16.2. The molecule has 3 heteroatoms. The lowest BCUT2D eigenvalue weighted by molar-refractivity contribution is -0.135. The average Bonchev–Trinajstić information content (AvgIpc) is 2.30. The van der Waals surface area contributed by atoms with E-state index in [1.807, 2.05) is 24.1 Å². The largest absolute Gasteiger partial charge is 0.337 e. The Bertz CT molecular complexity index is 432. The van der Waals surface area contributed by atoms with Gasteiger partial charge in [-0.1, -0.05) is 24.3 Å². The molecule has 1 aromatic rings. The number of hydrogen-bond acceptors (Lipinski definition) is 2. The molecule has 0 bridgehead atoms. The number of amides is 1. The van der Waals surface area contributed by atoms with Crippen LogP contribution in [0.1, 0.15) is 38.8 Å². The highest BCUT2D eigenvalue weighted by Crippen LogP contribution is 2.11. The maximum Gasteiger partial charge on any atom is 0.237 e. The van der Waals surface area contributed by atoms with E-state index in [1.54, 1.807) is 0 Å². The van der Waals surface area contributed by atoms with Crippen molar-refractivity contribution in [2.24, 2.45) is 0 Å². The van der Waals surface area contributed by atoms with Gasteiger partial charge in [0.2, 0.25) is 5.91 Å². The van der Waals surface area contributed by atoms with E-state index in [2.05, 4.69) is 51.7 Å². The van der Waals surface area contributed by atoms with E-state index in [0.29, 0.717) is 6.54 Å². The maximum absolute atomic E-state index is 12.4. The van der Waals surface area contributed by atoms with Gasteiger partial charge in [-0.15, -0.1) is 0 Å². The first-order chi connectivity index (χ1) is 9.32. The van der Waals surface area contributed by atoms with Crippen LogP contribution in [0.3, 0.4) is 0 Å². The van der Waals surface area contributed by atoms with Gasteiger partial charge in [0, 0.05) is 18.6 Å². The summed E-state index contributed by atoms with van der Waals surface area (Å²) < 4.78 is 0. The second-order valence-corrected chi connectivity index (χ2v) is 6.09. The van der Waals surface area contributed by atoms with E-state index in [-0.39, 0.29) is 18.0 Å². The second kappa shape index (κ2) is 7.44. The van der Waals surface area contributed by atoms with Gasteiger partial charge < -0.3 is 4.90 Å². The molecule has 0 radical (unpaired) electrons. The van der Waals surface area contributed by atoms with Crippen LogP contribution in [0.4, 0.5) is 0 Å². The summed E-state index contributed by atoms with van der Waals surface area (Å²) in [6.07, 6.45) is 0. The van der Waals surface area contributed by atoms with E-state index in [4.69, 9.17) is 0 Å². The lowest BCUT2D eigenvalue weighted by atomic mass is 10.1. The van der Waals surface area contributed by atoms with E-state index < -0.39 is 0 Å². The average molecular weight is 276 g/mol. The number of aryl methyl sites for hydroxylation is 1. The molecule has 0 N–H and O–H groups in total. The maximum atomic E-state index is 12.4. The summed E-state index contributed by atoms with van der Waals surface area (Å²) in [5, 5.41) is 0. The highest BCUT2D eigenvalue weighted by molar-refractivity contribution is 5.78. The lowest BCUT2D eigenvalue weighted by Gasteiger charge is -2.32. The van der Waals surface area contributed by atoms with Crippen molar-refractivity contribution < 1.29 is 4.79 Å². The Hall–Kier alpha value is -1.35. The lowest BCUT2D eigenvalue weighted by Crippen LogP contribution is -2.46. The Morgan fingerprint density at radius 2 is 1.65 bits per heavy atom. The van der Waals surface area contributed by atoms with Crippen LogP contribution in [-0.2, 0) is 11.3 Å². The minimum absolute atomic E-state index is 0.200. The van der Waals surface area contributed by atoms with Crippen LogP contribution < -0.4 is 0 Å². The van der Waals surface area contributed by atoms with Crippen LogP contribution in [-0.4, -0.2) is 41.4 Å². The second-order valence-electron chi connectivity index (χ2n) is 6.09. The molecule has 0 aliphatic heterocycles. The van der Waals surface area contributed by atoms with E-state index in [1.165, 1.54) is 11.1 Å². The van der Waals surface area contributed by atoms with Crippen LogP contribution in [0.2, 0.25) is 0 Å². The predicted molar refractivity (Wildman–Crippen MR) is 84.6 cm³/mol. The quantitative estimate of drug-likeness (QED) is 0.797. The van der Waals surface area contributed by atoms with Crippen molar-refractivity contribution in [3.63, 3.8) is 0 Å². The first-order valence-electron chi connectivity index (χ1n) is 7.37. The smallest absolute Gasteiger partial charge is 0.237 e. The van der Waals surface area contributed by atoms with Gasteiger partial charge in [0.05, 0.1) is 6.54 Å². The van der Waals surface area contributed by atoms with Gasteiger partial charge >= 0.3 is 0 Å². The van der Waals surface area contributed by atoms with Crippen molar-refractivity contribution in [1.82, 2.24) is 9.80 Å². The van der Waals surface area contributed by atoms with E-state index >= 15 is 0 Å². The van der Waals surface area contributed by atoms with Crippen molar-refractivity contribution in [2.45, 2.75) is 53.2 Å². The fourth-order valence-corrected chi connectivity index (χ4v) is 2.62. The van der Waals surface area contributed by atoms with Gasteiger partial charge in [-0.05, 0) is 52.8 Å². The molecule has 20 heavy (non-hydrogen) atoms. The molecule has 0 saturated heterocycles. The summed E-state index contributed by atoms with van der Waals surface area (Å²) in [5.41, 5.74) is 2.56. The molecule has 0 aromatic heterocycles. The van der Waals surface area contributed by atoms with Crippen molar-refractivity contribution in [1.29, 1.82) is 0 Å². The summed E-state index contributed by atoms with van der Waals surface area (Å²) >= 11 is 0. The van der Waals surface area contributed by atoms with Crippen LogP contribution in [0.15, 0.2) is 24.3 Å². The Morgan fingerprint density at radius 1 is 1.10 bits per heavy atom. The summed E-state index contributed by atoms with van der Waals surface area (Å²) in [5.74, 6) is 0.200. The van der Waals surface area contributed by atoms with Crippen LogP contribution in [0.5, 0.6) is 0 Å². The number of rotatable bonds is 6. The first kappa shape index (κ1) is 16.7. The number of likely N-dealkylation sites (N-methyl/N-ethyl adjacent to an activating group) is 1. The van der Waals surface area contributed by atoms with Crippen LogP contribution in [0, 0.1) is 6.92 Å².